The minimum atomic E-state index is -0.546. The van der Waals surface area contributed by atoms with E-state index in [2.05, 4.69) is 0 Å². The molecular weight excluding hydrogens is 317 g/mol. The lowest BCUT2D eigenvalue weighted by atomic mass is 10.2. The van der Waals surface area contributed by atoms with Crippen molar-refractivity contribution in [2.45, 2.75) is 13.2 Å². The Morgan fingerprint density at radius 2 is 2.00 bits per heavy atom. The Labute approximate surface area is 130 Å². The molecule has 0 heterocycles. The van der Waals surface area contributed by atoms with Crippen molar-refractivity contribution >= 4 is 28.9 Å². The summed E-state index contributed by atoms with van der Waals surface area (Å²) in [6, 6.07) is 9.26. The summed E-state index contributed by atoms with van der Waals surface area (Å²) in [6.45, 7) is -0.193. The van der Waals surface area contributed by atoms with Gasteiger partial charge in [-0.05, 0) is 23.8 Å². The number of nitrogens with zero attached hydrogens (tertiary/aromatic N) is 1. The summed E-state index contributed by atoms with van der Waals surface area (Å²) < 4.78 is 5.47. The topological polar surface area (TPSA) is 72.6 Å². The molecule has 0 bridgehead atoms. The van der Waals surface area contributed by atoms with Crippen LogP contribution in [-0.4, -0.2) is 10.0 Å². The van der Waals surface area contributed by atoms with Gasteiger partial charge in [-0.1, -0.05) is 35.3 Å². The predicted molar refractivity (Wildman–Crippen MR) is 79.8 cm³/mol. The molecule has 0 unspecified atom stereocenters. The van der Waals surface area contributed by atoms with Crippen molar-refractivity contribution < 1.29 is 14.8 Å². The maximum Gasteiger partial charge on any atom is 0.310 e. The van der Waals surface area contributed by atoms with E-state index in [0.29, 0.717) is 21.2 Å². The first-order valence-electron chi connectivity index (χ1n) is 5.96. The lowest BCUT2D eigenvalue weighted by Gasteiger charge is -2.10. The van der Waals surface area contributed by atoms with E-state index in [1.54, 1.807) is 18.2 Å². The van der Waals surface area contributed by atoms with E-state index in [4.69, 9.17) is 33.0 Å². The predicted octanol–water partition coefficient (Wildman–Crippen LogP) is 3.97. The number of benzene rings is 2. The molecule has 0 atom stereocenters. The van der Waals surface area contributed by atoms with Gasteiger partial charge in [-0.25, -0.2) is 0 Å². The molecule has 0 amide bonds. The lowest BCUT2D eigenvalue weighted by molar-refractivity contribution is -0.386. The Morgan fingerprint density at radius 1 is 1.24 bits per heavy atom. The molecule has 110 valence electrons. The van der Waals surface area contributed by atoms with Gasteiger partial charge in [0.2, 0.25) is 0 Å². The van der Waals surface area contributed by atoms with Crippen molar-refractivity contribution in [3.05, 3.63) is 67.7 Å². The average Bonchev–Trinajstić information content (AvgIpc) is 2.48. The molecule has 0 spiro atoms. The molecule has 21 heavy (non-hydrogen) atoms. The number of nitro groups is 1. The molecule has 7 heteroatoms. The summed E-state index contributed by atoms with van der Waals surface area (Å²) in [5.41, 5.74) is 0.964. The van der Waals surface area contributed by atoms with E-state index < -0.39 is 4.92 Å². The van der Waals surface area contributed by atoms with Gasteiger partial charge in [0.05, 0.1) is 21.6 Å². The Bertz CT molecular complexity index is 676. The zero-order valence-electron chi connectivity index (χ0n) is 10.8. The van der Waals surface area contributed by atoms with E-state index in [1.807, 2.05) is 0 Å². The number of nitro benzene ring substituents is 1. The highest BCUT2D eigenvalue weighted by molar-refractivity contribution is 6.42. The van der Waals surface area contributed by atoms with Gasteiger partial charge in [-0.15, -0.1) is 0 Å². The van der Waals surface area contributed by atoms with E-state index in [0.717, 1.165) is 0 Å². The van der Waals surface area contributed by atoms with Crippen molar-refractivity contribution in [2.75, 3.05) is 0 Å². The summed E-state index contributed by atoms with van der Waals surface area (Å²) in [6.07, 6.45) is 0. The van der Waals surface area contributed by atoms with Crippen LogP contribution in [0.4, 0.5) is 5.69 Å². The first-order valence-corrected chi connectivity index (χ1v) is 6.72. The number of ether oxygens (including phenoxy) is 1. The second-order valence-corrected chi connectivity index (χ2v) is 5.00. The molecule has 1 N–H and O–H groups in total. The normalized spacial score (nSPS) is 10.4. The molecule has 0 saturated carbocycles. The van der Waals surface area contributed by atoms with Crippen LogP contribution in [0.3, 0.4) is 0 Å². The van der Waals surface area contributed by atoms with Gasteiger partial charge < -0.3 is 9.84 Å². The molecule has 2 aromatic rings. The van der Waals surface area contributed by atoms with Crippen LogP contribution in [0.5, 0.6) is 5.75 Å². The second-order valence-electron chi connectivity index (χ2n) is 4.22. The Kier molecular flexibility index (Phi) is 5.01. The first kappa shape index (κ1) is 15.6. The molecule has 5 nitrogen and oxygen atoms in total. The summed E-state index contributed by atoms with van der Waals surface area (Å²) in [7, 11) is 0. The largest absolute Gasteiger partial charge is 0.482 e. The fourth-order valence-corrected chi connectivity index (χ4v) is 2.11. The third-order valence-electron chi connectivity index (χ3n) is 2.82. The third kappa shape index (κ3) is 3.64. The summed E-state index contributed by atoms with van der Waals surface area (Å²) in [5, 5.41) is 20.8. The van der Waals surface area contributed by atoms with Crippen molar-refractivity contribution in [2.24, 2.45) is 0 Å². The molecule has 0 saturated heterocycles. The van der Waals surface area contributed by atoms with Crippen LogP contribution in [0.25, 0.3) is 0 Å². The number of hydrogen-bond acceptors (Lipinski definition) is 4. The van der Waals surface area contributed by atoms with Crippen molar-refractivity contribution in [3.63, 3.8) is 0 Å². The molecule has 0 aromatic heterocycles. The number of hydrogen-bond donors (Lipinski definition) is 1. The summed E-state index contributed by atoms with van der Waals surface area (Å²) in [4.78, 5) is 10.4. The summed E-state index contributed by atoms with van der Waals surface area (Å²) in [5.74, 6) is 0.0718. The molecule has 0 radical (unpaired) electrons. The van der Waals surface area contributed by atoms with Gasteiger partial charge in [0.1, 0.15) is 6.61 Å². The Hall–Kier alpha value is -1.82. The van der Waals surface area contributed by atoms with Crippen LogP contribution < -0.4 is 4.74 Å². The molecule has 2 aromatic carbocycles. The highest BCUT2D eigenvalue weighted by atomic mass is 35.5. The van der Waals surface area contributed by atoms with E-state index in [-0.39, 0.29) is 24.7 Å². The van der Waals surface area contributed by atoms with Crippen molar-refractivity contribution in [1.82, 2.24) is 0 Å². The van der Waals surface area contributed by atoms with Gasteiger partial charge in [0.25, 0.3) is 0 Å². The monoisotopic (exact) mass is 327 g/mol. The fourth-order valence-electron chi connectivity index (χ4n) is 1.74. The van der Waals surface area contributed by atoms with Gasteiger partial charge in [0.15, 0.2) is 5.75 Å². The quantitative estimate of drug-likeness (QED) is 0.666. The van der Waals surface area contributed by atoms with Crippen LogP contribution in [-0.2, 0) is 13.2 Å². The van der Waals surface area contributed by atoms with E-state index in [1.165, 1.54) is 18.2 Å². The van der Waals surface area contributed by atoms with E-state index in [9.17, 15) is 10.1 Å². The fraction of sp³-hybridized carbons (Fsp3) is 0.143. The number of rotatable bonds is 5. The Balaban J connectivity index is 2.26. The minimum Gasteiger partial charge on any atom is -0.482 e. The number of aliphatic hydroxyl groups excluding tert-OH is 1. The molecule has 2 rings (SSSR count). The maximum absolute atomic E-state index is 11.0. The van der Waals surface area contributed by atoms with Gasteiger partial charge in [-0.2, -0.15) is 0 Å². The molecular formula is C14H11Cl2NO4. The second kappa shape index (κ2) is 6.76. The third-order valence-corrected chi connectivity index (χ3v) is 3.68. The summed E-state index contributed by atoms with van der Waals surface area (Å²) >= 11 is 11.9. The molecule has 0 aliphatic rings. The maximum atomic E-state index is 11.0. The van der Waals surface area contributed by atoms with Crippen molar-refractivity contribution in [1.29, 1.82) is 0 Å². The number of aliphatic hydroxyl groups is 1. The SMILES string of the molecule is O=[N+]([O-])c1ccc(CO)cc1OCc1cccc(Cl)c1Cl. The van der Waals surface area contributed by atoms with Crippen LogP contribution in [0.1, 0.15) is 11.1 Å². The first-order chi connectivity index (χ1) is 10.0. The van der Waals surface area contributed by atoms with Crippen molar-refractivity contribution in [3.8, 4) is 5.75 Å². The van der Waals surface area contributed by atoms with Crippen LogP contribution in [0, 0.1) is 10.1 Å². The zero-order chi connectivity index (χ0) is 15.4. The minimum absolute atomic E-state index is 0.0368. The van der Waals surface area contributed by atoms with E-state index >= 15 is 0 Å². The highest BCUT2D eigenvalue weighted by Crippen LogP contribution is 2.31. The van der Waals surface area contributed by atoms with Crippen LogP contribution in [0.15, 0.2) is 36.4 Å². The smallest absolute Gasteiger partial charge is 0.310 e. The van der Waals surface area contributed by atoms with Gasteiger partial charge >= 0.3 is 5.69 Å². The average molecular weight is 328 g/mol. The van der Waals surface area contributed by atoms with Gasteiger partial charge in [-0.3, -0.25) is 10.1 Å². The van der Waals surface area contributed by atoms with Crippen LogP contribution >= 0.6 is 23.2 Å². The molecule has 0 fully saturated rings. The lowest BCUT2D eigenvalue weighted by Crippen LogP contribution is -2.01. The van der Waals surface area contributed by atoms with Gasteiger partial charge in [0, 0.05) is 11.6 Å². The zero-order valence-corrected chi connectivity index (χ0v) is 12.3. The highest BCUT2D eigenvalue weighted by Gasteiger charge is 2.16. The standard InChI is InChI=1S/C14H11Cl2NO4/c15-11-3-1-2-10(14(11)16)8-21-13-6-9(7-18)4-5-12(13)17(19)20/h1-6,18H,7-8H2. The molecule has 0 aliphatic heterocycles. The Morgan fingerprint density at radius 3 is 2.67 bits per heavy atom. The number of halogens is 2. The molecule has 0 aliphatic carbocycles. The van der Waals surface area contributed by atoms with Crippen LogP contribution in [0.2, 0.25) is 10.0 Å².